The van der Waals surface area contributed by atoms with Crippen LogP contribution >= 0.6 is 0 Å². The number of benzene rings is 1. The molecule has 1 amide bonds. The second kappa shape index (κ2) is 5.37. The normalized spacial score (nSPS) is 20.3. The summed E-state index contributed by atoms with van der Waals surface area (Å²) in [6.45, 7) is 0. The van der Waals surface area contributed by atoms with Crippen molar-refractivity contribution in [3.8, 4) is 11.1 Å². The van der Waals surface area contributed by atoms with E-state index in [9.17, 15) is 13.2 Å². The van der Waals surface area contributed by atoms with Crippen LogP contribution in [0.4, 0.5) is 0 Å². The van der Waals surface area contributed by atoms with Gasteiger partial charge >= 0.3 is 0 Å². The molecular weight excluding hydrogens is 288 g/mol. The van der Waals surface area contributed by atoms with Crippen LogP contribution < -0.4 is 5.32 Å². The minimum absolute atomic E-state index is 0.0316. The summed E-state index contributed by atoms with van der Waals surface area (Å²) < 4.78 is 22.9. The molecule has 1 aliphatic heterocycles. The number of hydrogen-bond acceptors (Lipinski definition) is 3. The molecule has 6 heteroatoms. The largest absolute Gasteiger partial charge is 0.366 e. The Morgan fingerprint density at radius 1 is 1.19 bits per heavy atom. The molecule has 0 saturated carbocycles. The maximum Gasteiger partial charge on any atom is 0.253 e. The topological polar surface area (TPSA) is 79.0 Å². The lowest BCUT2D eigenvalue weighted by Crippen LogP contribution is -2.35. The molecule has 1 atom stereocenters. The maximum absolute atomic E-state index is 12.3. The number of hydrogen-bond donors (Lipinski definition) is 2. The molecule has 0 aliphatic carbocycles. The van der Waals surface area contributed by atoms with Gasteiger partial charge in [-0.1, -0.05) is 30.3 Å². The van der Waals surface area contributed by atoms with E-state index in [0.717, 1.165) is 11.1 Å². The number of rotatable bonds is 3. The maximum atomic E-state index is 12.3. The van der Waals surface area contributed by atoms with E-state index in [2.05, 4.69) is 10.3 Å². The van der Waals surface area contributed by atoms with Crippen LogP contribution in [0.5, 0.6) is 0 Å². The average Bonchev–Trinajstić information content (AvgIpc) is 3.06. The summed E-state index contributed by atoms with van der Waals surface area (Å²) in [7, 11) is -2.99. The Labute approximate surface area is 123 Å². The zero-order chi connectivity index (χ0) is 14.9. The second-order valence-corrected chi connectivity index (χ2v) is 7.45. The van der Waals surface area contributed by atoms with Gasteiger partial charge in [-0.05, 0) is 12.0 Å². The molecule has 5 nitrogen and oxygen atoms in total. The van der Waals surface area contributed by atoms with Gasteiger partial charge in [0.2, 0.25) is 0 Å². The molecule has 0 unspecified atom stereocenters. The third-order valence-corrected chi connectivity index (χ3v) is 5.41. The van der Waals surface area contributed by atoms with Gasteiger partial charge in [-0.2, -0.15) is 0 Å². The van der Waals surface area contributed by atoms with E-state index >= 15 is 0 Å². The lowest BCUT2D eigenvalue weighted by molar-refractivity contribution is 0.0942. The van der Waals surface area contributed by atoms with Crippen molar-refractivity contribution in [1.29, 1.82) is 0 Å². The SMILES string of the molecule is O=C(N[C@@H]1CCS(=O)(=O)C1)c1c[nH]cc1-c1ccccc1. The summed E-state index contributed by atoms with van der Waals surface area (Å²) in [5, 5.41) is 2.81. The first-order valence-electron chi connectivity index (χ1n) is 6.79. The number of amides is 1. The van der Waals surface area contributed by atoms with Crippen molar-refractivity contribution < 1.29 is 13.2 Å². The van der Waals surface area contributed by atoms with Crippen molar-refractivity contribution in [2.45, 2.75) is 12.5 Å². The molecule has 0 bridgehead atoms. The fraction of sp³-hybridized carbons (Fsp3) is 0.267. The van der Waals surface area contributed by atoms with E-state index in [4.69, 9.17) is 0 Å². The first-order chi connectivity index (χ1) is 10.1. The van der Waals surface area contributed by atoms with Crippen LogP contribution in [0.2, 0.25) is 0 Å². The predicted molar refractivity (Wildman–Crippen MR) is 80.8 cm³/mol. The van der Waals surface area contributed by atoms with Crippen molar-refractivity contribution in [2.75, 3.05) is 11.5 Å². The highest BCUT2D eigenvalue weighted by molar-refractivity contribution is 7.91. The van der Waals surface area contributed by atoms with Crippen molar-refractivity contribution in [3.63, 3.8) is 0 Å². The van der Waals surface area contributed by atoms with Crippen LogP contribution in [-0.4, -0.2) is 36.9 Å². The lowest BCUT2D eigenvalue weighted by atomic mass is 10.0. The van der Waals surface area contributed by atoms with Gasteiger partial charge in [-0.25, -0.2) is 8.42 Å². The molecule has 2 N–H and O–H groups in total. The average molecular weight is 304 g/mol. The highest BCUT2D eigenvalue weighted by atomic mass is 32.2. The summed E-state index contributed by atoms with van der Waals surface area (Å²) in [4.78, 5) is 15.3. The van der Waals surface area contributed by atoms with E-state index in [1.54, 1.807) is 12.4 Å². The third-order valence-electron chi connectivity index (χ3n) is 3.64. The molecule has 1 aromatic carbocycles. The van der Waals surface area contributed by atoms with Crippen LogP contribution in [0, 0.1) is 0 Å². The smallest absolute Gasteiger partial charge is 0.253 e. The summed E-state index contributed by atoms with van der Waals surface area (Å²) >= 11 is 0. The first-order valence-corrected chi connectivity index (χ1v) is 8.61. The first kappa shape index (κ1) is 13.9. The fourth-order valence-corrected chi connectivity index (χ4v) is 4.25. The lowest BCUT2D eigenvalue weighted by Gasteiger charge is -2.11. The summed E-state index contributed by atoms with van der Waals surface area (Å²) in [6.07, 6.45) is 3.90. The Bertz CT molecular complexity index is 750. The van der Waals surface area contributed by atoms with Crippen LogP contribution in [0.1, 0.15) is 16.8 Å². The number of carbonyl (C=O) groups is 1. The molecular formula is C15H16N2O3S. The number of nitrogens with one attached hydrogen (secondary N) is 2. The van der Waals surface area contributed by atoms with E-state index in [-0.39, 0.29) is 23.5 Å². The van der Waals surface area contributed by atoms with Gasteiger partial charge in [0, 0.05) is 24.0 Å². The quantitative estimate of drug-likeness (QED) is 0.904. The van der Waals surface area contributed by atoms with Gasteiger partial charge in [-0.3, -0.25) is 4.79 Å². The van der Waals surface area contributed by atoms with Crippen molar-refractivity contribution in [1.82, 2.24) is 10.3 Å². The van der Waals surface area contributed by atoms with Crippen molar-refractivity contribution in [3.05, 3.63) is 48.3 Å². The zero-order valence-corrected chi connectivity index (χ0v) is 12.2. The van der Waals surface area contributed by atoms with Crippen LogP contribution in [0.25, 0.3) is 11.1 Å². The molecule has 110 valence electrons. The molecule has 1 aliphatic rings. The minimum atomic E-state index is -2.99. The number of aromatic nitrogens is 1. The number of aromatic amines is 1. The molecule has 0 spiro atoms. The van der Waals surface area contributed by atoms with Gasteiger partial charge in [0.05, 0.1) is 17.1 Å². The number of carbonyl (C=O) groups excluding carboxylic acids is 1. The number of H-pyrrole nitrogens is 1. The molecule has 1 saturated heterocycles. The van der Waals surface area contributed by atoms with Crippen molar-refractivity contribution >= 4 is 15.7 Å². The predicted octanol–water partition coefficient (Wildman–Crippen LogP) is 1.60. The highest BCUT2D eigenvalue weighted by Crippen LogP contribution is 2.23. The van der Waals surface area contributed by atoms with Gasteiger partial charge < -0.3 is 10.3 Å². The van der Waals surface area contributed by atoms with Crippen LogP contribution in [-0.2, 0) is 9.84 Å². The summed E-state index contributed by atoms with van der Waals surface area (Å²) in [5.74, 6) is -0.0577. The zero-order valence-electron chi connectivity index (χ0n) is 11.4. The molecule has 1 fully saturated rings. The Morgan fingerprint density at radius 2 is 1.95 bits per heavy atom. The second-order valence-electron chi connectivity index (χ2n) is 5.22. The van der Waals surface area contributed by atoms with Gasteiger partial charge in [0.1, 0.15) is 0 Å². The summed E-state index contributed by atoms with van der Waals surface area (Å²) in [6, 6.07) is 9.31. The van der Waals surface area contributed by atoms with E-state index in [0.29, 0.717) is 12.0 Å². The van der Waals surface area contributed by atoms with E-state index in [1.807, 2.05) is 30.3 Å². The highest BCUT2D eigenvalue weighted by Gasteiger charge is 2.29. The molecule has 1 aromatic heterocycles. The van der Waals surface area contributed by atoms with E-state index in [1.165, 1.54) is 0 Å². The molecule has 21 heavy (non-hydrogen) atoms. The standard InChI is InChI=1S/C15H16N2O3S/c18-15(17-12-6-7-21(19,20)10-12)14-9-16-8-13(14)11-4-2-1-3-5-11/h1-5,8-9,12,16H,6-7,10H2,(H,17,18)/t12-/m1/s1. The van der Waals surface area contributed by atoms with E-state index < -0.39 is 9.84 Å². The Balaban J connectivity index is 1.79. The van der Waals surface area contributed by atoms with Crippen LogP contribution in [0.3, 0.4) is 0 Å². The summed E-state index contributed by atoms with van der Waals surface area (Å²) in [5.41, 5.74) is 2.29. The Morgan fingerprint density at radius 3 is 2.62 bits per heavy atom. The van der Waals surface area contributed by atoms with Gasteiger partial charge in [0.25, 0.3) is 5.91 Å². The Hall–Kier alpha value is -2.08. The monoisotopic (exact) mass is 304 g/mol. The van der Waals surface area contributed by atoms with Gasteiger partial charge in [0.15, 0.2) is 9.84 Å². The number of sulfone groups is 1. The van der Waals surface area contributed by atoms with Crippen molar-refractivity contribution in [2.24, 2.45) is 0 Å². The minimum Gasteiger partial charge on any atom is -0.366 e. The molecule has 2 heterocycles. The molecule has 2 aromatic rings. The third kappa shape index (κ3) is 3.00. The fourth-order valence-electron chi connectivity index (χ4n) is 2.58. The van der Waals surface area contributed by atoms with Crippen LogP contribution in [0.15, 0.2) is 42.7 Å². The Kier molecular flexibility index (Phi) is 3.55. The van der Waals surface area contributed by atoms with Gasteiger partial charge in [-0.15, -0.1) is 0 Å². The molecule has 0 radical (unpaired) electrons. The molecule has 3 rings (SSSR count).